The van der Waals surface area contributed by atoms with Gasteiger partial charge < -0.3 is 9.64 Å². The molecule has 3 rings (SSSR count). The Morgan fingerprint density at radius 2 is 1.31 bits per heavy atom. The summed E-state index contributed by atoms with van der Waals surface area (Å²) >= 11 is 12.1. The van der Waals surface area contributed by atoms with Gasteiger partial charge in [0.05, 0.1) is 27.3 Å². The Bertz CT molecular complexity index is 1260. The Labute approximate surface area is 213 Å². The summed E-state index contributed by atoms with van der Waals surface area (Å²) in [6.45, 7) is 2.50. The van der Waals surface area contributed by atoms with E-state index in [-0.39, 0.29) is 28.3 Å². The fraction of sp³-hybridized carbons (Fsp3) is 0.240. The van der Waals surface area contributed by atoms with Crippen LogP contribution < -0.4 is 9.64 Å². The van der Waals surface area contributed by atoms with Crippen LogP contribution in [-0.4, -0.2) is 13.0 Å². The van der Waals surface area contributed by atoms with Crippen molar-refractivity contribution < 1.29 is 35.9 Å². The number of alkyl halides is 6. The van der Waals surface area contributed by atoms with Crippen LogP contribution >= 0.6 is 23.2 Å². The average molecular weight is 550 g/mol. The maximum Gasteiger partial charge on any atom is 0.416 e. The van der Waals surface area contributed by atoms with Gasteiger partial charge in [-0.25, -0.2) is 0 Å². The number of hydrogen-bond acceptors (Lipinski definition) is 2. The van der Waals surface area contributed by atoms with Gasteiger partial charge in [0.15, 0.2) is 5.75 Å². The molecule has 0 fully saturated rings. The van der Waals surface area contributed by atoms with Gasteiger partial charge in [0, 0.05) is 12.1 Å². The highest BCUT2D eigenvalue weighted by molar-refractivity contribution is 6.35. The summed E-state index contributed by atoms with van der Waals surface area (Å²) in [7, 11) is 1.34. The topological polar surface area (TPSA) is 29.5 Å². The largest absolute Gasteiger partial charge is 0.454 e. The average Bonchev–Trinajstić information content (AvgIpc) is 2.78. The van der Waals surface area contributed by atoms with Crippen molar-refractivity contribution in [1.82, 2.24) is 0 Å². The van der Waals surface area contributed by atoms with Gasteiger partial charge in [-0.2, -0.15) is 26.3 Å². The molecule has 0 N–H and O–H groups in total. The van der Waals surface area contributed by atoms with Crippen molar-refractivity contribution in [3.05, 3.63) is 87.4 Å². The van der Waals surface area contributed by atoms with Gasteiger partial charge in [-0.1, -0.05) is 35.3 Å². The molecule has 0 radical (unpaired) electrons. The van der Waals surface area contributed by atoms with Gasteiger partial charge in [-0.3, -0.25) is 4.79 Å². The van der Waals surface area contributed by atoms with Gasteiger partial charge in [-0.15, -0.1) is 0 Å². The Hall–Kier alpha value is -2.91. The standard InChI is InChI=1S/C25H19Cl2F6NO2/c1-23(2,14-10-15(24(28,29)30)12-16(11-14)25(31,32)33)22(35)34(3)19-6-4-5-7-21(19)36-20-9-8-17(26)13-18(20)27/h4-13H,1-3H3. The molecule has 36 heavy (non-hydrogen) atoms. The second kappa shape index (κ2) is 9.86. The van der Waals surface area contributed by atoms with Crippen molar-refractivity contribution in [2.45, 2.75) is 31.6 Å². The van der Waals surface area contributed by atoms with E-state index in [4.69, 9.17) is 27.9 Å². The summed E-state index contributed by atoms with van der Waals surface area (Å²) < 4.78 is 86.0. The van der Waals surface area contributed by atoms with Crippen LogP contribution in [-0.2, 0) is 22.6 Å². The molecule has 0 unspecified atom stereocenters. The maximum absolute atomic E-state index is 13.5. The molecule has 0 aromatic heterocycles. The van der Waals surface area contributed by atoms with Gasteiger partial charge in [0.1, 0.15) is 5.75 Å². The second-order valence-corrected chi connectivity index (χ2v) is 9.27. The Morgan fingerprint density at radius 1 is 0.778 bits per heavy atom. The Kier molecular flexibility index (Phi) is 7.58. The lowest BCUT2D eigenvalue weighted by atomic mass is 9.81. The number of hydrogen-bond donors (Lipinski definition) is 0. The lowest BCUT2D eigenvalue weighted by Crippen LogP contribution is -2.42. The van der Waals surface area contributed by atoms with Crippen LogP contribution in [0.5, 0.6) is 11.5 Å². The van der Waals surface area contributed by atoms with Gasteiger partial charge in [-0.05, 0) is 67.9 Å². The molecule has 1 amide bonds. The molecule has 0 saturated carbocycles. The number of carbonyl (C=O) groups is 1. The molecule has 0 heterocycles. The van der Waals surface area contributed by atoms with Gasteiger partial charge in [0.25, 0.3) is 0 Å². The van der Waals surface area contributed by atoms with Crippen molar-refractivity contribution in [2.24, 2.45) is 0 Å². The predicted molar refractivity (Wildman–Crippen MR) is 126 cm³/mol. The number of para-hydroxylation sites is 2. The molecule has 3 aromatic rings. The molecule has 3 nitrogen and oxygen atoms in total. The molecular weight excluding hydrogens is 531 g/mol. The highest BCUT2D eigenvalue weighted by Crippen LogP contribution is 2.41. The number of likely N-dealkylation sites (N-methyl/N-ethyl adjacent to an activating group) is 1. The van der Waals surface area contributed by atoms with Crippen LogP contribution in [0.1, 0.15) is 30.5 Å². The van der Waals surface area contributed by atoms with E-state index in [0.29, 0.717) is 17.2 Å². The first-order chi connectivity index (χ1) is 16.5. The van der Waals surface area contributed by atoms with Crippen LogP contribution in [0.3, 0.4) is 0 Å². The van der Waals surface area contributed by atoms with Crippen molar-refractivity contribution in [1.29, 1.82) is 0 Å². The van der Waals surface area contributed by atoms with Crippen LogP contribution in [0.25, 0.3) is 0 Å². The third-order valence-electron chi connectivity index (χ3n) is 5.49. The van der Waals surface area contributed by atoms with E-state index in [9.17, 15) is 31.1 Å². The maximum atomic E-state index is 13.5. The first-order valence-corrected chi connectivity index (χ1v) is 11.1. The van der Waals surface area contributed by atoms with Crippen molar-refractivity contribution in [2.75, 3.05) is 11.9 Å². The van der Waals surface area contributed by atoms with Crippen molar-refractivity contribution in [3.63, 3.8) is 0 Å². The lowest BCUT2D eigenvalue weighted by molar-refractivity contribution is -0.143. The third-order valence-corrected chi connectivity index (χ3v) is 6.02. The minimum absolute atomic E-state index is 0.0206. The summed E-state index contributed by atoms with van der Waals surface area (Å²) in [6, 6.07) is 11.9. The van der Waals surface area contributed by atoms with Gasteiger partial charge >= 0.3 is 12.4 Å². The summed E-state index contributed by atoms with van der Waals surface area (Å²) in [5.74, 6) is -0.372. The second-order valence-electron chi connectivity index (χ2n) is 8.43. The summed E-state index contributed by atoms with van der Waals surface area (Å²) in [6.07, 6.45) is -10.1. The summed E-state index contributed by atoms with van der Waals surface area (Å²) in [5, 5.41) is 0.559. The van der Waals surface area contributed by atoms with E-state index < -0.39 is 40.4 Å². The number of halogens is 8. The Morgan fingerprint density at radius 3 is 1.83 bits per heavy atom. The molecule has 0 atom stereocenters. The number of benzene rings is 3. The smallest absolute Gasteiger partial charge is 0.416 e. The number of amides is 1. The summed E-state index contributed by atoms with van der Waals surface area (Å²) in [4.78, 5) is 14.6. The normalized spacial score (nSPS) is 12.4. The Balaban J connectivity index is 2.03. The van der Waals surface area contributed by atoms with Crippen LogP contribution in [0, 0.1) is 0 Å². The minimum Gasteiger partial charge on any atom is -0.454 e. The van der Waals surface area contributed by atoms with Crippen LogP contribution in [0.15, 0.2) is 60.7 Å². The molecule has 0 saturated heterocycles. The molecule has 192 valence electrons. The molecule has 0 aliphatic rings. The fourth-order valence-electron chi connectivity index (χ4n) is 3.46. The zero-order valence-electron chi connectivity index (χ0n) is 19.1. The number of rotatable bonds is 5. The van der Waals surface area contributed by atoms with E-state index >= 15 is 0 Å². The van der Waals surface area contributed by atoms with Crippen LogP contribution in [0.4, 0.5) is 32.0 Å². The molecule has 0 aliphatic carbocycles. The van der Waals surface area contributed by atoms with Crippen LogP contribution in [0.2, 0.25) is 10.0 Å². The number of anilines is 1. The van der Waals surface area contributed by atoms with E-state index in [1.54, 1.807) is 12.1 Å². The molecule has 0 bridgehead atoms. The highest BCUT2D eigenvalue weighted by atomic mass is 35.5. The SMILES string of the molecule is CN(C(=O)C(C)(C)c1cc(C(F)(F)F)cc(C(F)(F)F)c1)c1ccccc1Oc1ccc(Cl)cc1Cl. The summed E-state index contributed by atoms with van der Waals surface area (Å²) in [5.41, 5.74) is -5.01. The predicted octanol–water partition coefficient (Wildman–Crippen LogP) is 8.76. The van der Waals surface area contributed by atoms with E-state index in [0.717, 1.165) is 4.90 Å². The highest BCUT2D eigenvalue weighted by Gasteiger charge is 2.41. The molecule has 0 aliphatic heterocycles. The molecule has 3 aromatic carbocycles. The number of ether oxygens (including phenoxy) is 1. The van der Waals surface area contributed by atoms with E-state index in [1.165, 1.54) is 51.2 Å². The zero-order chi connectivity index (χ0) is 27.1. The number of nitrogens with zero attached hydrogens (tertiary/aromatic N) is 1. The zero-order valence-corrected chi connectivity index (χ0v) is 20.6. The lowest BCUT2D eigenvalue weighted by Gasteiger charge is -2.31. The first-order valence-electron chi connectivity index (χ1n) is 10.3. The van der Waals surface area contributed by atoms with Crippen molar-refractivity contribution in [3.8, 4) is 11.5 Å². The molecular formula is C25H19Cl2F6NO2. The fourth-order valence-corrected chi connectivity index (χ4v) is 3.91. The van der Waals surface area contributed by atoms with E-state index in [2.05, 4.69) is 0 Å². The third kappa shape index (κ3) is 5.90. The molecule has 0 spiro atoms. The molecule has 11 heteroatoms. The van der Waals surface area contributed by atoms with E-state index in [1.807, 2.05) is 0 Å². The minimum atomic E-state index is -5.04. The quantitative estimate of drug-likeness (QED) is 0.297. The monoisotopic (exact) mass is 549 g/mol. The number of carbonyl (C=O) groups excluding carboxylic acids is 1. The van der Waals surface area contributed by atoms with Gasteiger partial charge in [0.2, 0.25) is 5.91 Å². The van der Waals surface area contributed by atoms with Crippen molar-refractivity contribution >= 4 is 34.8 Å². The first kappa shape index (κ1) is 27.7.